The topological polar surface area (TPSA) is 63.4 Å². The molecule has 2 unspecified atom stereocenters. The molecule has 2 atom stereocenters. The summed E-state index contributed by atoms with van der Waals surface area (Å²) in [5, 5.41) is 0. The minimum Gasteiger partial charge on any atom is -0.329 e. The third-order valence-corrected chi connectivity index (χ3v) is 5.60. The maximum Gasteiger partial charge on any atom is 0.246 e. The van der Waals surface area contributed by atoms with Gasteiger partial charge in [0.25, 0.3) is 0 Å². The number of hydrogen-bond donors (Lipinski definition) is 1. The lowest BCUT2D eigenvalue weighted by Gasteiger charge is -2.36. The van der Waals surface area contributed by atoms with Crippen molar-refractivity contribution in [3.63, 3.8) is 0 Å². The summed E-state index contributed by atoms with van der Waals surface area (Å²) in [4.78, 5) is -0.261. The van der Waals surface area contributed by atoms with Gasteiger partial charge in [0, 0.05) is 19.1 Å². The Morgan fingerprint density at radius 2 is 2.11 bits per heavy atom. The minimum absolute atomic E-state index is 0.242. The molecule has 1 aliphatic rings. The Morgan fingerprint density at radius 3 is 2.74 bits per heavy atom. The van der Waals surface area contributed by atoms with Crippen LogP contribution in [0.25, 0.3) is 0 Å². The molecular weight excluding hydrogens is 267 g/mol. The van der Waals surface area contributed by atoms with Crippen molar-refractivity contribution in [1.82, 2.24) is 4.31 Å². The van der Waals surface area contributed by atoms with Crippen LogP contribution in [0, 0.1) is 11.7 Å². The average Bonchev–Trinajstić information content (AvgIpc) is 2.38. The summed E-state index contributed by atoms with van der Waals surface area (Å²) in [5.74, 6) is -0.266. The molecule has 2 rings (SSSR count). The fourth-order valence-corrected chi connectivity index (χ4v) is 4.27. The quantitative estimate of drug-likeness (QED) is 0.917. The zero-order chi connectivity index (χ0) is 14.0. The lowest BCUT2D eigenvalue weighted by molar-refractivity contribution is 0.210. The van der Waals surface area contributed by atoms with Crippen LogP contribution in [0.4, 0.5) is 4.39 Å². The highest BCUT2D eigenvalue weighted by Gasteiger charge is 2.36. The molecule has 1 aromatic rings. The van der Waals surface area contributed by atoms with Gasteiger partial charge in [-0.3, -0.25) is 0 Å². The largest absolute Gasteiger partial charge is 0.329 e. The molecule has 106 valence electrons. The van der Waals surface area contributed by atoms with Crippen LogP contribution in [0.15, 0.2) is 29.2 Å². The van der Waals surface area contributed by atoms with Crippen LogP contribution in [0.1, 0.15) is 19.8 Å². The molecule has 19 heavy (non-hydrogen) atoms. The number of benzene rings is 1. The first kappa shape index (κ1) is 14.4. The second-order valence-electron chi connectivity index (χ2n) is 5.07. The first-order valence-electron chi connectivity index (χ1n) is 6.43. The predicted octanol–water partition coefficient (Wildman–Crippen LogP) is 1.57. The van der Waals surface area contributed by atoms with Crippen LogP contribution < -0.4 is 5.73 Å². The van der Waals surface area contributed by atoms with Gasteiger partial charge in [-0.2, -0.15) is 4.31 Å². The minimum atomic E-state index is -3.80. The summed E-state index contributed by atoms with van der Waals surface area (Å²) in [7, 11) is -3.80. The SMILES string of the molecule is CC1CCN(S(=O)(=O)c2ccccc2F)C(CN)C1. The molecule has 1 aliphatic heterocycles. The normalized spacial score (nSPS) is 25.4. The molecule has 1 saturated heterocycles. The third kappa shape index (κ3) is 2.80. The fraction of sp³-hybridized carbons (Fsp3) is 0.538. The summed E-state index contributed by atoms with van der Waals surface area (Å²) in [6.45, 7) is 2.74. The van der Waals surface area contributed by atoms with Crippen LogP contribution in [-0.2, 0) is 10.0 Å². The second-order valence-corrected chi connectivity index (χ2v) is 6.92. The number of nitrogens with two attached hydrogens (primary N) is 1. The van der Waals surface area contributed by atoms with Gasteiger partial charge in [-0.25, -0.2) is 12.8 Å². The van der Waals surface area contributed by atoms with Crippen LogP contribution >= 0.6 is 0 Å². The predicted molar refractivity (Wildman–Crippen MR) is 71.5 cm³/mol. The highest BCUT2D eigenvalue weighted by molar-refractivity contribution is 7.89. The molecule has 0 amide bonds. The van der Waals surface area contributed by atoms with E-state index in [1.807, 2.05) is 0 Å². The molecule has 0 bridgehead atoms. The maximum absolute atomic E-state index is 13.7. The van der Waals surface area contributed by atoms with E-state index in [-0.39, 0.29) is 17.5 Å². The van der Waals surface area contributed by atoms with Crippen LogP contribution in [0.5, 0.6) is 0 Å². The fourth-order valence-electron chi connectivity index (χ4n) is 2.54. The van der Waals surface area contributed by atoms with Crippen molar-refractivity contribution >= 4 is 10.0 Å². The van der Waals surface area contributed by atoms with Crippen LogP contribution in [-0.4, -0.2) is 31.9 Å². The summed E-state index contributed by atoms with van der Waals surface area (Å²) in [6.07, 6.45) is 1.51. The van der Waals surface area contributed by atoms with Crippen LogP contribution in [0.3, 0.4) is 0 Å². The van der Waals surface area contributed by atoms with Crippen molar-refractivity contribution in [3.05, 3.63) is 30.1 Å². The van der Waals surface area contributed by atoms with Gasteiger partial charge in [0.1, 0.15) is 10.7 Å². The maximum atomic E-state index is 13.7. The van der Waals surface area contributed by atoms with E-state index in [1.165, 1.54) is 22.5 Å². The van der Waals surface area contributed by atoms with Gasteiger partial charge in [-0.05, 0) is 30.9 Å². The third-order valence-electron chi connectivity index (χ3n) is 3.62. The van der Waals surface area contributed by atoms with E-state index in [9.17, 15) is 12.8 Å². The number of piperidine rings is 1. The summed E-state index contributed by atoms with van der Waals surface area (Å²) in [6, 6.07) is 5.23. The van der Waals surface area contributed by atoms with E-state index in [1.54, 1.807) is 0 Å². The number of sulfonamides is 1. The van der Waals surface area contributed by atoms with E-state index in [4.69, 9.17) is 5.73 Å². The number of rotatable bonds is 3. The number of halogens is 1. The summed E-state index contributed by atoms with van der Waals surface area (Å²) in [5.41, 5.74) is 5.67. The van der Waals surface area contributed by atoms with E-state index in [0.29, 0.717) is 12.5 Å². The van der Waals surface area contributed by atoms with Crippen LogP contribution in [0.2, 0.25) is 0 Å². The van der Waals surface area contributed by atoms with Gasteiger partial charge in [-0.15, -0.1) is 0 Å². The van der Waals surface area contributed by atoms with Crippen molar-refractivity contribution in [2.24, 2.45) is 11.7 Å². The molecule has 0 aromatic heterocycles. The van der Waals surface area contributed by atoms with Crippen molar-refractivity contribution in [2.45, 2.75) is 30.7 Å². The Morgan fingerprint density at radius 1 is 1.42 bits per heavy atom. The molecule has 0 spiro atoms. The van der Waals surface area contributed by atoms with Crippen molar-refractivity contribution in [1.29, 1.82) is 0 Å². The zero-order valence-corrected chi connectivity index (χ0v) is 11.7. The van der Waals surface area contributed by atoms with E-state index >= 15 is 0 Å². The van der Waals surface area contributed by atoms with E-state index in [2.05, 4.69) is 6.92 Å². The Hall–Kier alpha value is -0.980. The Balaban J connectivity index is 2.36. The Bertz CT molecular complexity index is 547. The molecule has 0 radical (unpaired) electrons. The second kappa shape index (κ2) is 5.56. The van der Waals surface area contributed by atoms with Gasteiger partial charge in [0.15, 0.2) is 0 Å². The van der Waals surface area contributed by atoms with Gasteiger partial charge in [0.05, 0.1) is 0 Å². The van der Waals surface area contributed by atoms with E-state index in [0.717, 1.165) is 18.9 Å². The molecule has 6 heteroatoms. The zero-order valence-electron chi connectivity index (χ0n) is 10.9. The lowest BCUT2D eigenvalue weighted by atomic mass is 9.94. The highest BCUT2D eigenvalue weighted by atomic mass is 32.2. The first-order chi connectivity index (χ1) is 8.96. The highest BCUT2D eigenvalue weighted by Crippen LogP contribution is 2.28. The molecule has 0 saturated carbocycles. The van der Waals surface area contributed by atoms with Crippen molar-refractivity contribution in [3.8, 4) is 0 Å². The molecule has 0 aliphatic carbocycles. The lowest BCUT2D eigenvalue weighted by Crippen LogP contribution is -2.49. The smallest absolute Gasteiger partial charge is 0.246 e. The standard InChI is InChI=1S/C13H19FN2O2S/c1-10-6-7-16(11(8-10)9-15)19(17,18)13-5-3-2-4-12(13)14/h2-5,10-11H,6-9,15H2,1H3. The molecule has 4 nitrogen and oxygen atoms in total. The van der Waals surface area contributed by atoms with Gasteiger partial charge >= 0.3 is 0 Å². The van der Waals surface area contributed by atoms with Crippen molar-refractivity contribution < 1.29 is 12.8 Å². The van der Waals surface area contributed by atoms with Gasteiger partial charge < -0.3 is 5.73 Å². The summed E-state index contributed by atoms with van der Waals surface area (Å²) < 4.78 is 40.1. The molecular formula is C13H19FN2O2S. The Labute approximate surface area is 113 Å². The first-order valence-corrected chi connectivity index (χ1v) is 7.87. The molecule has 2 N–H and O–H groups in total. The van der Waals surface area contributed by atoms with Gasteiger partial charge in [-0.1, -0.05) is 19.1 Å². The number of hydrogen-bond acceptors (Lipinski definition) is 3. The average molecular weight is 286 g/mol. The van der Waals surface area contributed by atoms with E-state index < -0.39 is 15.8 Å². The molecule has 1 aromatic carbocycles. The van der Waals surface area contributed by atoms with Crippen molar-refractivity contribution in [2.75, 3.05) is 13.1 Å². The van der Waals surface area contributed by atoms with Gasteiger partial charge in [0.2, 0.25) is 10.0 Å². The molecule has 1 heterocycles. The summed E-state index contributed by atoms with van der Waals surface area (Å²) >= 11 is 0. The number of nitrogens with zero attached hydrogens (tertiary/aromatic N) is 1. The Kier molecular flexibility index (Phi) is 4.23. The monoisotopic (exact) mass is 286 g/mol. The molecule has 1 fully saturated rings.